The van der Waals surface area contributed by atoms with Gasteiger partial charge in [-0.1, -0.05) is 12.1 Å². The molecule has 1 aromatic carbocycles. The molecule has 18 heavy (non-hydrogen) atoms. The van der Waals surface area contributed by atoms with Crippen LogP contribution in [0.3, 0.4) is 0 Å². The number of halogens is 2. The molecule has 0 bridgehead atoms. The highest BCUT2D eigenvalue weighted by Crippen LogP contribution is 2.24. The molecular formula is C14H21ClFNO. The van der Waals surface area contributed by atoms with E-state index in [1.807, 2.05) is 12.1 Å². The van der Waals surface area contributed by atoms with Gasteiger partial charge in [0, 0.05) is 12.3 Å². The molecule has 1 aromatic rings. The average Bonchev–Trinajstić information content (AvgIpc) is 2.37. The molecule has 0 aromatic heterocycles. The lowest BCUT2D eigenvalue weighted by atomic mass is 9.90. The van der Waals surface area contributed by atoms with Gasteiger partial charge in [-0.15, -0.1) is 0 Å². The molecule has 2 nitrogen and oxygen atoms in total. The number of hydrogen-bond acceptors (Lipinski definition) is 1. The molecule has 1 aliphatic heterocycles. The summed E-state index contributed by atoms with van der Waals surface area (Å²) in [6.07, 6.45) is 3.05. The number of alkyl halides is 1. The molecule has 1 saturated heterocycles. The number of quaternary nitrogens is 1. The summed E-state index contributed by atoms with van der Waals surface area (Å²) in [7, 11) is 0. The van der Waals surface area contributed by atoms with Gasteiger partial charge in [0.05, 0.1) is 26.3 Å². The molecule has 0 radical (unpaired) electrons. The molecule has 2 N–H and O–H groups in total. The number of aromatic hydroxyl groups is 1. The number of benzene rings is 1. The second-order valence-corrected chi connectivity index (χ2v) is 4.93. The Morgan fingerprint density at radius 1 is 1.39 bits per heavy atom. The molecule has 2 atom stereocenters. The molecule has 1 fully saturated rings. The minimum Gasteiger partial charge on any atom is -1.00 e. The first-order chi connectivity index (χ1) is 8.29. The highest BCUT2D eigenvalue weighted by atomic mass is 35.5. The fourth-order valence-corrected chi connectivity index (χ4v) is 2.76. The first kappa shape index (κ1) is 15.3. The lowest BCUT2D eigenvalue weighted by Gasteiger charge is -2.30. The van der Waals surface area contributed by atoms with Crippen molar-refractivity contribution in [1.29, 1.82) is 0 Å². The first-order valence-corrected chi connectivity index (χ1v) is 6.48. The number of hydrogen-bond donors (Lipinski definition) is 2. The summed E-state index contributed by atoms with van der Waals surface area (Å²) in [5, 5.41) is 9.49. The molecular weight excluding hydrogens is 253 g/mol. The zero-order valence-corrected chi connectivity index (χ0v) is 11.3. The largest absolute Gasteiger partial charge is 1.00 e. The predicted octanol–water partition coefficient (Wildman–Crippen LogP) is -1.48. The lowest BCUT2D eigenvalue weighted by Crippen LogP contribution is -3.13. The van der Waals surface area contributed by atoms with Crippen LogP contribution in [0.15, 0.2) is 24.3 Å². The summed E-state index contributed by atoms with van der Waals surface area (Å²) in [4.78, 5) is 1.50. The van der Waals surface area contributed by atoms with Crippen LogP contribution in [0.5, 0.6) is 5.75 Å². The molecule has 0 saturated carbocycles. The molecule has 102 valence electrons. The van der Waals surface area contributed by atoms with Crippen molar-refractivity contribution in [3.63, 3.8) is 0 Å². The molecule has 1 heterocycles. The van der Waals surface area contributed by atoms with Gasteiger partial charge in [0.25, 0.3) is 0 Å². The number of likely N-dealkylation sites (tertiary alicyclic amines) is 1. The summed E-state index contributed by atoms with van der Waals surface area (Å²) in [5.41, 5.74) is 1.22. The van der Waals surface area contributed by atoms with Crippen LogP contribution in [0.4, 0.5) is 4.39 Å². The molecule has 1 aliphatic rings. The van der Waals surface area contributed by atoms with Crippen molar-refractivity contribution < 1.29 is 26.8 Å². The average molecular weight is 274 g/mol. The van der Waals surface area contributed by atoms with E-state index in [4.69, 9.17) is 0 Å². The summed E-state index contributed by atoms with van der Waals surface area (Å²) < 4.78 is 12.2. The van der Waals surface area contributed by atoms with Gasteiger partial charge in [0.2, 0.25) is 0 Å². The minimum absolute atomic E-state index is 0. The van der Waals surface area contributed by atoms with E-state index in [9.17, 15) is 9.50 Å². The summed E-state index contributed by atoms with van der Waals surface area (Å²) >= 11 is 0. The highest BCUT2D eigenvalue weighted by Gasteiger charge is 2.24. The zero-order valence-electron chi connectivity index (χ0n) is 10.5. The van der Waals surface area contributed by atoms with Crippen LogP contribution >= 0.6 is 0 Å². The third-order valence-electron chi connectivity index (χ3n) is 3.62. The molecule has 0 aliphatic carbocycles. The van der Waals surface area contributed by atoms with Crippen LogP contribution < -0.4 is 17.3 Å². The molecule has 0 spiro atoms. The quantitative estimate of drug-likeness (QED) is 0.687. The Morgan fingerprint density at radius 3 is 2.94 bits per heavy atom. The maximum absolute atomic E-state index is 12.2. The number of phenols is 1. The van der Waals surface area contributed by atoms with E-state index in [1.54, 1.807) is 6.07 Å². The fourth-order valence-electron chi connectivity index (χ4n) is 2.76. The minimum atomic E-state index is -0.208. The Balaban J connectivity index is 0.00000162. The molecule has 2 rings (SSSR count). The van der Waals surface area contributed by atoms with E-state index >= 15 is 0 Å². The fraction of sp³-hybridized carbons (Fsp3) is 0.571. The van der Waals surface area contributed by atoms with Gasteiger partial charge in [-0.05, 0) is 30.5 Å². The number of nitrogens with one attached hydrogen (secondary N) is 1. The van der Waals surface area contributed by atoms with E-state index in [1.165, 1.54) is 23.3 Å². The Labute approximate surface area is 114 Å². The Morgan fingerprint density at radius 2 is 2.22 bits per heavy atom. The van der Waals surface area contributed by atoms with Gasteiger partial charge < -0.3 is 22.4 Å². The summed E-state index contributed by atoms with van der Waals surface area (Å²) in [5.74, 6) is 0.865. The number of phenolic OH excluding ortho intramolecular Hbond substituents is 1. The zero-order chi connectivity index (χ0) is 12.1. The Hall–Kier alpha value is -0.800. The van der Waals surface area contributed by atoms with E-state index in [2.05, 4.69) is 6.07 Å². The maximum Gasteiger partial charge on any atom is 0.115 e. The highest BCUT2D eigenvalue weighted by molar-refractivity contribution is 5.29. The van der Waals surface area contributed by atoms with Gasteiger partial charge in [0.15, 0.2) is 0 Å². The van der Waals surface area contributed by atoms with Crippen LogP contribution in [-0.4, -0.2) is 31.4 Å². The van der Waals surface area contributed by atoms with E-state index in [0.29, 0.717) is 18.1 Å². The van der Waals surface area contributed by atoms with Crippen LogP contribution in [-0.2, 0) is 0 Å². The van der Waals surface area contributed by atoms with Crippen molar-refractivity contribution >= 4 is 0 Å². The van der Waals surface area contributed by atoms with Crippen LogP contribution in [0.1, 0.15) is 30.7 Å². The normalized spacial score (nSPS) is 23.4. The second kappa shape index (κ2) is 7.59. The van der Waals surface area contributed by atoms with Gasteiger partial charge in [-0.2, -0.15) is 0 Å². The monoisotopic (exact) mass is 273 g/mol. The third-order valence-corrected chi connectivity index (χ3v) is 3.62. The maximum atomic E-state index is 12.2. The number of piperidine rings is 1. The van der Waals surface area contributed by atoms with Gasteiger partial charge in [-0.25, -0.2) is 0 Å². The third kappa shape index (κ3) is 4.14. The van der Waals surface area contributed by atoms with E-state index < -0.39 is 0 Å². The standard InChI is InChI=1S/C14H20FNO.ClH/c15-7-3-9-16-8-2-5-13(11-16)12-4-1-6-14(17)10-12;/h1,4,6,10,13,17H,2-3,5,7-9,11H2;1H. The lowest BCUT2D eigenvalue weighted by molar-refractivity contribution is -0.906. The van der Waals surface area contributed by atoms with Gasteiger partial charge in [0.1, 0.15) is 5.75 Å². The molecule has 0 amide bonds. The molecule has 2 unspecified atom stereocenters. The van der Waals surface area contributed by atoms with Gasteiger partial charge >= 0.3 is 0 Å². The SMILES string of the molecule is Oc1cccc(C2CCC[NH+](CCCF)C2)c1.[Cl-]. The Kier molecular flexibility index (Phi) is 6.44. The topological polar surface area (TPSA) is 24.7 Å². The van der Waals surface area contributed by atoms with Crippen molar-refractivity contribution in [2.24, 2.45) is 0 Å². The van der Waals surface area contributed by atoms with Crippen LogP contribution in [0.2, 0.25) is 0 Å². The van der Waals surface area contributed by atoms with Crippen molar-refractivity contribution in [3.8, 4) is 5.75 Å². The smallest absolute Gasteiger partial charge is 0.115 e. The summed E-state index contributed by atoms with van der Waals surface area (Å²) in [6.45, 7) is 2.96. The molecule has 4 heteroatoms. The van der Waals surface area contributed by atoms with E-state index in [0.717, 1.165) is 19.6 Å². The van der Waals surface area contributed by atoms with E-state index in [-0.39, 0.29) is 19.1 Å². The summed E-state index contributed by atoms with van der Waals surface area (Å²) in [6, 6.07) is 7.56. The van der Waals surface area contributed by atoms with Crippen molar-refractivity contribution in [3.05, 3.63) is 29.8 Å². The van der Waals surface area contributed by atoms with Gasteiger partial charge in [-0.3, -0.25) is 4.39 Å². The van der Waals surface area contributed by atoms with Crippen molar-refractivity contribution in [2.45, 2.75) is 25.2 Å². The van der Waals surface area contributed by atoms with Crippen LogP contribution in [0, 0.1) is 0 Å². The predicted molar refractivity (Wildman–Crippen MR) is 66.2 cm³/mol. The second-order valence-electron chi connectivity index (χ2n) is 4.93. The van der Waals surface area contributed by atoms with Crippen molar-refractivity contribution in [2.75, 3.05) is 26.3 Å². The number of rotatable bonds is 4. The Bertz CT molecular complexity index is 361. The first-order valence-electron chi connectivity index (χ1n) is 6.48. The van der Waals surface area contributed by atoms with Crippen LogP contribution in [0.25, 0.3) is 0 Å². The van der Waals surface area contributed by atoms with Crippen molar-refractivity contribution in [1.82, 2.24) is 0 Å².